The Morgan fingerprint density at radius 3 is 2.42 bits per heavy atom. The third-order valence-electron chi connectivity index (χ3n) is 6.42. The summed E-state index contributed by atoms with van der Waals surface area (Å²) in [5.74, 6) is -0.563. The molecule has 5 rings (SSSR count). The Kier molecular flexibility index (Phi) is 6.21. The summed E-state index contributed by atoms with van der Waals surface area (Å²) in [5, 5.41) is 11.6. The second-order valence-corrected chi connectivity index (χ2v) is 8.49. The molecule has 0 saturated carbocycles. The van der Waals surface area contributed by atoms with Crippen LogP contribution in [0.3, 0.4) is 0 Å². The summed E-state index contributed by atoms with van der Waals surface area (Å²) in [7, 11) is 3.09. The quantitative estimate of drug-likeness (QED) is 0.344. The van der Waals surface area contributed by atoms with Crippen molar-refractivity contribution in [3.8, 4) is 11.5 Å². The van der Waals surface area contributed by atoms with Crippen molar-refractivity contribution in [1.29, 1.82) is 0 Å². The van der Waals surface area contributed by atoms with E-state index in [1.54, 1.807) is 55.6 Å². The van der Waals surface area contributed by atoms with E-state index < -0.39 is 23.5 Å². The van der Waals surface area contributed by atoms with Crippen LogP contribution in [-0.2, 0) is 11.2 Å². The van der Waals surface area contributed by atoms with Crippen LogP contribution in [0.1, 0.15) is 27.7 Å². The van der Waals surface area contributed by atoms with Crippen molar-refractivity contribution in [2.75, 3.05) is 20.8 Å². The number of ether oxygens (including phenoxy) is 2. The monoisotopic (exact) mass is 483 g/mol. The van der Waals surface area contributed by atoms with E-state index in [0.29, 0.717) is 41.0 Å². The number of hydrogen-bond donors (Lipinski definition) is 1. The largest absolute Gasteiger partial charge is 0.503 e. The summed E-state index contributed by atoms with van der Waals surface area (Å²) in [5.41, 5.74) is 2.13. The first-order valence-corrected chi connectivity index (χ1v) is 11.5. The summed E-state index contributed by atoms with van der Waals surface area (Å²) < 4.78 is 16.5. The minimum absolute atomic E-state index is 0.0174. The molecule has 0 radical (unpaired) electrons. The van der Waals surface area contributed by atoms with E-state index in [2.05, 4.69) is 0 Å². The number of methoxy groups -OCH3 is 2. The molecule has 7 nitrogen and oxygen atoms in total. The molecule has 36 heavy (non-hydrogen) atoms. The van der Waals surface area contributed by atoms with Gasteiger partial charge in [-0.3, -0.25) is 9.59 Å². The van der Waals surface area contributed by atoms with Gasteiger partial charge in [0.05, 0.1) is 25.8 Å². The molecule has 0 fully saturated rings. The standard InChI is InChI=1S/C29H25NO6/c1-34-21-13-11-19(12-14-21)25-24(26(31)23-17-20-9-6-10-22(35-2)28(20)36-23)27(32)29(33)30(25)16-15-18-7-4-3-5-8-18/h3-14,17,25,32H,15-16H2,1-2H3. The summed E-state index contributed by atoms with van der Waals surface area (Å²) in [6, 6.07) is 23.0. The molecule has 182 valence electrons. The van der Waals surface area contributed by atoms with Crippen LogP contribution in [0.15, 0.2) is 94.6 Å². The van der Waals surface area contributed by atoms with Gasteiger partial charge in [-0.05, 0) is 41.8 Å². The molecular formula is C29H25NO6. The average molecular weight is 484 g/mol. The van der Waals surface area contributed by atoms with Crippen LogP contribution in [0.2, 0.25) is 0 Å². The van der Waals surface area contributed by atoms with Crippen molar-refractivity contribution in [3.05, 3.63) is 107 Å². The van der Waals surface area contributed by atoms with Crippen molar-refractivity contribution in [3.63, 3.8) is 0 Å². The predicted octanol–water partition coefficient (Wildman–Crippen LogP) is 5.27. The van der Waals surface area contributed by atoms with Gasteiger partial charge >= 0.3 is 0 Å². The van der Waals surface area contributed by atoms with E-state index in [-0.39, 0.29) is 11.3 Å². The van der Waals surface area contributed by atoms with Gasteiger partial charge in [0.2, 0.25) is 5.78 Å². The van der Waals surface area contributed by atoms with Gasteiger partial charge in [-0.15, -0.1) is 0 Å². The number of benzene rings is 3. The summed E-state index contributed by atoms with van der Waals surface area (Å²) in [6.45, 7) is 0.314. The number of para-hydroxylation sites is 1. The first kappa shape index (κ1) is 23.2. The minimum Gasteiger partial charge on any atom is -0.503 e. The highest BCUT2D eigenvalue weighted by Crippen LogP contribution is 2.40. The van der Waals surface area contributed by atoms with E-state index >= 15 is 0 Å². The van der Waals surface area contributed by atoms with E-state index in [9.17, 15) is 14.7 Å². The zero-order chi connectivity index (χ0) is 25.2. The Morgan fingerprint density at radius 1 is 0.972 bits per heavy atom. The number of hydrogen-bond acceptors (Lipinski definition) is 6. The average Bonchev–Trinajstić information content (AvgIpc) is 3.47. The van der Waals surface area contributed by atoms with Crippen LogP contribution in [-0.4, -0.2) is 42.5 Å². The Morgan fingerprint density at radius 2 is 1.72 bits per heavy atom. The molecule has 1 amide bonds. The fourth-order valence-corrected chi connectivity index (χ4v) is 4.58. The normalized spacial score (nSPS) is 15.6. The lowest BCUT2D eigenvalue weighted by Crippen LogP contribution is -2.33. The Labute approximate surface area is 208 Å². The maximum atomic E-state index is 13.7. The van der Waals surface area contributed by atoms with Gasteiger partial charge in [-0.2, -0.15) is 0 Å². The number of amides is 1. The zero-order valence-electron chi connectivity index (χ0n) is 19.9. The van der Waals surface area contributed by atoms with Gasteiger partial charge in [-0.25, -0.2) is 0 Å². The molecule has 3 aromatic carbocycles. The van der Waals surface area contributed by atoms with E-state index in [4.69, 9.17) is 13.9 Å². The second-order valence-electron chi connectivity index (χ2n) is 8.49. The number of furan rings is 1. The Balaban J connectivity index is 1.55. The molecule has 0 aliphatic carbocycles. The fraction of sp³-hybridized carbons (Fsp3) is 0.172. The highest BCUT2D eigenvalue weighted by Gasteiger charge is 2.44. The van der Waals surface area contributed by atoms with Crippen molar-refractivity contribution >= 4 is 22.7 Å². The summed E-state index contributed by atoms with van der Waals surface area (Å²) in [6.07, 6.45) is 0.565. The van der Waals surface area contributed by atoms with Crippen LogP contribution in [0.25, 0.3) is 11.0 Å². The van der Waals surface area contributed by atoms with Crippen LogP contribution >= 0.6 is 0 Å². The number of nitrogens with zero attached hydrogens (tertiary/aromatic N) is 1. The third kappa shape index (κ3) is 4.09. The maximum Gasteiger partial charge on any atom is 0.290 e. The molecule has 7 heteroatoms. The number of carbonyl (C=O) groups excluding carboxylic acids is 2. The number of rotatable bonds is 8. The van der Waals surface area contributed by atoms with Gasteiger partial charge in [0.25, 0.3) is 5.91 Å². The van der Waals surface area contributed by atoms with Crippen molar-refractivity contribution < 1.29 is 28.6 Å². The van der Waals surface area contributed by atoms with Crippen LogP contribution in [0.5, 0.6) is 11.5 Å². The zero-order valence-corrected chi connectivity index (χ0v) is 19.9. The number of aliphatic hydroxyl groups excluding tert-OH is 1. The highest BCUT2D eigenvalue weighted by molar-refractivity contribution is 6.16. The Bertz CT molecular complexity index is 1450. The summed E-state index contributed by atoms with van der Waals surface area (Å²) in [4.78, 5) is 28.5. The number of fused-ring (bicyclic) bond motifs is 1. The van der Waals surface area contributed by atoms with Gasteiger partial charge in [0, 0.05) is 11.9 Å². The van der Waals surface area contributed by atoms with Crippen LogP contribution in [0, 0.1) is 0 Å². The molecule has 1 aliphatic rings. The first-order valence-electron chi connectivity index (χ1n) is 11.5. The van der Waals surface area contributed by atoms with E-state index in [1.165, 1.54) is 12.0 Å². The van der Waals surface area contributed by atoms with Gasteiger partial charge < -0.3 is 23.9 Å². The number of Topliss-reactive ketones (excluding diaryl/α,β-unsaturated/α-hetero) is 1. The molecule has 1 atom stereocenters. The molecule has 2 heterocycles. The van der Waals surface area contributed by atoms with Gasteiger partial charge in [0.15, 0.2) is 22.9 Å². The molecule has 1 aliphatic heterocycles. The molecule has 1 aromatic heterocycles. The van der Waals surface area contributed by atoms with Crippen LogP contribution in [0.4, 0.5) is 0 Å². The van der Waals surface area contributed by atoms with Gasteiger partial charge in [0.1, 0.15) is 5.75 Å². The van der Waals surface area contributed by atoms with Gasteiger partial charge in [-0.1, -0.05) is 54.6 Å². The molecule has 1 unspecified atom stereocenters. The first-order chi connectivity index (χ1) is 17.5. The highest BCUT2D eigenvalue weighted by atomic mass is 16.5. The number of carbonyl (C=O) groups is 2. The molecule has 1 N–H and O–H groups in total. The third-order valence-corrected chi connectivity index (χ3v) is 6.42. The molecular weight excluding hydrogens is 458 g/mol. The van der Waals surface area contributed by atoms with Crippen LogP contribution < -0.4 is 9.47 Å². The van der Waals surface area contributed by atoms with E-state index in [1.807, 2.05) is 30.3 Å². The van der Waals surface area contributed by atoms with Crippen molar-refractivity contribution in [2.24, 2.45) is 0 Å². The molecule has 4 aromatic rings. The Hall–Kier alpha value is -4.52. The smallest absolute Gasteiger partial charge is 0.290 e. The lowest BCUT2D eigenvalue weighted by Gasteiger charge is -2.27. The van der Waals surface area contributed by atoms with Crippen molar-refractivity contribution in [1.82, 2.24) is 4.90 Å². The minimum atomic E-state index is -0.783. The molecule has 0 bridgehead atoms. The molecule has 0 saturated heterocycles. The topological polar surface area (TPSA) is 89.2 Å². The maximum absolute atomic E-state index is 13.7. The lowest BCUT2D eigenvalue weighted by molar-refractivity contribution is -0.129. The van der Waals surface area contributed by atoms with E-state index in [0.717, 1.165) is 5.56 Å². The van der Waals surface area contributed by atoms with Crippen molar-refractivity contribution in [2.45, 2.75) is 12.5 Å². The summed E-state index contributed by atoms with van der Waals surface area (Å²) >= 11 is 0. The fourth-order valence-electron chi connectivity index (χ4n) is 4.58. The second kappa shape index (κ2) is 9.62. The number of aliphatic hydroxyl groups is 1. The lowest BCUT2D eigenvalue weighted by atomic mass is 9.94. The SMILES string of the molecule is COc1ccc(C2C(C(=O)c3cc4cccc(OC)c4o3)=C(O)C(=O)N2CCc2ccccc2)cc1. The number of ketones is 1. The molecule has 0 spiro atoms. The predicted molar refractivity (Wildman–Crippen MR) is 134 cm³/mol.